The van der Waals surface area contributed by atoms with Crippen LogP contribution in [0.25, 0.3) is 22.2 Å². The molecule has 8 nitrogen and oxygen atoms in total. The van der Waals surface area contributed by atoms with Gasteiger partial charge in [-0.3, -0.25) is 9.52 Å². The summed E-state index contributed by atoms with van der Waals surface area (Å²) >= 11 is 0. The minimum atomic E-state index is -4.32. The highest BCUT2D eigenvalue weighted by molar-refractivity contribution is 7.90. The lowest BCUT2D eigenvalue weighted by Gasteiger charge is -2.18. The van der Waals surface area contributed by atoms with Crippen molar-refractivity contribution in [2.24, 2.45) is 0 Å². The molecule has 12 heteroatoms. The van der Waals surface area contributed by atoms with Gasteiger partial charge >= 0.3 is 10.2 Å². The third-order valence-electron chi connectivity index (χ3n) is 6.37. The Balaban J connectivity index is 1.49. The van der Waals surface area contributed by atoms with Crippen LogP contribution >= 0.6 is 0 Å². The van der Waals surface area contributed by atoms with Crippen LogP contribution < -0.4 is 4.72 Å². The number of aromatic nitrogens is 2. The molecular weight excluding hydrogens is 521 g/mol. The van der Waals surface area contributed by atoms with Gasteiger partial charge in [0.15, 0.2) is 5.82 Å². The third-order valence-corrected chi connectivity index (χ3v) is 7.86. The molecule has 2 N–H and O–H groups in total. The number of ketones is 1. The molecular formula is C26H21F3N4O4S. The number of aldehydes is 1. The number of nitrogens with zero attached hydrogens (tertiary/aromatic N) is 2. The minimum Gasteiger partial charge on any atom is -0.345 e. The molecule has 4 aromatic rings. The summed E-state index contributed by atoms with van der Waals surface area (Å²) in [5, 5.41) is 0.306. The van der Waals surface area contributed by atoms with Crippen molar-refractivity contribution >= 4 is 39.0 Å². The van der Waals surface area contributed by atoms with Gasteiger partial charge in [0.05, 0.1) is 11.3 Å². The second-order valence-electron chi connectivity index (χ2n) is 8.85. The molecule has 5 rings (SSSR count). The maximum absolute atomic E-state index is 15.4. The minimum absolute atomic E-state index is 0.00994. The Bertz CT molecular complexity index is 1660. The summed E-state index contributed by atoms with van der Waals surface area (Å²) in [5.74, 6) is -3.58. The van der Waals surface area contributed by atoms with Crippen LogP contribution in [0.3, 0.4) is 0 Å². The molecule has 196 valence electrons. The molecule has 0 aliphatic carbocycles. The van der Waals surface area contributed by atoms with Gasteiger partial charge in [0.25, 0.3) is 0 Å². The first-order chi connectivity index (χ1) is 18.2. The number of fused-ring (bicyclic) bond motifs is 1. The van der Waals surface area contributed by atoms with E-state index >= 15 is 4.39 Å². The summed E-state index contributed by atoms with van der Waals surface area (Å²) in [6, 6.07) is 10.4. The summed E-state index contributed by atoms with van der Waals surface area (Å²) < 4.78 is 71.6. The van der Waals surface area contributed by atoms with Gasteiger partial charge in [0.2, 0.25) is 5.78 Å². The molecule has 1 saturated heterocycles. The Hall–Kier alpha value is -4.03. The van der Waals surface area contributed by atoms with Gasteiger partial charge in [-0.15, -0.1) is 0 Å². The molecule has 1 atom stereocenters. The molecule has 1 aliphatic heterocycles. The van der Waals surface area contributed by atoms with Gasteiger partial charge in [-0.05, 0) is 35.7 Å². The number of rotatable bonds is 8. The SMILES string of the molecule is O=CCc1ccc(-c2cnc3[nH]cc(C(=O)c4c(F)ccc(NS(=O)(=O)N5CC[C@@H](F)C5)c4F)c3c2)cc1. The fourth-order valence-electron chi connectivity index (χ4n) is 4.36. The van der Waals surface area contributed by atoms with E-state index in [2.05, 4.69) is 9.97 Å². The van der Waals surface area contributed by atoms with Crippen molar-refractivity contribution in [3.63, 3.8) is 0 Å². The number of halogens is 3. The first-order valence-corrected chi connectivity index (χ1v) is 13.1. The number of benzene rings is 2. The fourth-order valence-corrected chi connectivity index (χ4v) is 5.63. The smallest absolute Gasteiger partial charge is 0.301 e. The van der Waals surface area contributed by atoms with E-state index < -0.39 is 45.0 Å². The van der Waals surface area contributed by atoms with Crippen molar-refractivity contribution in [1.82, 2.24) is 14.3 Å². The van der Waals surface area contributed by atoms with E-state index in [4.69, 9.17) is 0 Å². The zero-order valence-electron chi connectivity index (χ0n) is 19.7. The normalized spacial score (nSPS) is 16.1. The van der Waals surface area contributed by atoms with Crippen molar-refractivity contribution in [3.8, 4) is 11.1 Å². The molecule has 0 spiro atoms. The molecule has 2 aromatic heterocycles. The van der Waals surface area contributed by atoms with Crippen molar-refractivity contribution < 1.29 is 31.2 Å². The Morgan fingerprint density at radius 1 is 1.16 bits per heavy atom. The quantitative estimate of drug-likeness (QED) is 0.256. The van der Waals surface area contributed by atoms with Crippen LogP contribution in [0.5, 0.6) is 0 Å². The van der Waals surface area contributed by atoms with Crippen molar-refractivity contribution in [3.05, 3.63) is 83.2 Å². The first-order valence-electron chi connectivity index (χ1n) is 11.6. The maximum Gasteiger partial charge on any atom is 0.301 e. The topological polar surface area (TPSA) is 112 Å². The molecule has 2 aromatic carbocycles. The lowest BCUT2D eigenvalue weighted by molar-refractivity contribution is -0.107. The molecule has 0 bridgehead atoms. The van der Waals surface area contributed by atoms with Gasteiger partial charge in [0, 0.05) is 48.4 Å². The molecule has 3 heterocycles. The second-order valence-corrected chi connectivity index (χ2v) is 10.5. The van der Waals surface area contributed by atoms with E-state index in [1.54, 1.807) is 36.5 Å². The average molecular weight is 543 g/mol. The van der Waals surface area contributed by atoms with E-state index in [1.165, 1.54) is 6.20 Å². The summed E-state index contributed by atoms with van der Waals surface area (Å²) in [5.41, 5.74) is 0.867. The van der Waals surface area contributed by atoms with Gasteiger partial charge in [-0.25, -0.2) is 18.2 Å². The molecule has 38 heavy (non-hydrogen) atoms. The predicted octanol–water partition coefficient (Wildman–Crippen LogP) is 4.18. The molecule has 0 unspecified atom stereocenters. The van der Waals surface area contributed by atoms with Crippen LogP contribution in [0.2, 0.25) is 0 Å². The molecule has 0 radical (unpaired) electrons. The predicted molar refractivity (Wildman–Crippen MR) is 135 cm³/mol. The number of hydrogen-bond donors (Lipinski definition) is 2. The Morgan fingerprint density at radius 2 is 1.92 bits per heavy atom. The standard InChI is InChI=1S/C26H21F3N4O4S/c27-18-7-9-33(14-18)38(36,37)32-22-6-5-21(28)23(24(22)29)25(35)20-13-31-26-19(20)11-17(12-30-26)16-3-1-15(2-4-16)8-10-34/h1-6,10-13,18,32H,7-9,14H2,(H,30,31)/t18-/m1/s1. The van der Waals surface area contributed by atoms with Gasteiger partial charge in [-0.2, -0.15) is 12.7 Å². The van der Waals surface area contributed by atoms with Crippen LogP contribution in [0, 0.1) is 11.6 Å². The number of carbonyl (C=O) groups is 2. The van der Waals surface area contributed by atoms with E-state index in [-0.39, 0.29) is 31.5 Å². The Labute approximate surface area is 215 Å². The largest absolute Gasteiger partial charge is 0.345 e. The van der Waals surface area contributed by atoms with Gasteiger partial charge < -0.3 is 9.78 Å². The third kappa shape index (κ3) is 4.79. The Morgan fingerprint density at radius 3 is 2.61 bits per heavy atom. The van der Waals surface area contributed by atoms with Crippen LogP contribution in [-0.4, -0.2) is 54.0 Å². The molecule has 0 amide bonds. The number of pyridine rings is 1. The molecule has 1 aliphatic rings. The monoisotopic (exact) mass is 542 g/mol. The number of hydrogen-bond acceptors (Lipinski definition) is 5. The highest BCUT2D eigenvalue weighted by atomic mass is 32.2. The average Bonchev–Trinajstić information content (AvgIpc) is 3.53. The van der Waals surface area contributed by atoms with Crippen molar-refractivity contribution in [2.75, 3.05) is 17.8 Å². The number of carbonyl (C=O) groups excluding carboxylic acids is 2. The van der Waals surface area contributed by atoms with Crippen LogP contribution in [-0.2, 0) is 21.4 Å². The zero-order valence-corrected chi connectivity index (χ0v) is 20.6. The summed E-state index contributed by atoms with van der Waals surface area (Å²) in [6.45, 7) is -0.468. The highest BCUT2D eigenvalue weighted by Crippen LogP contribution is 2.30. The molecule has 1 fully saturated rings. The maximum atomic E-state index is 15.4. The van der Waals surface area contributed by atoms with Crippen LogP contribution in [0.4, 0.5) is 18.9 Å². The zero-order chi connectivity index (χ0) is 27.0. The number of alkyl halides is 1. The summed E-state index contributed by atoms with van der Waals surface area (Å²) in [7, 11) is -4.32. The first kappa shape index (κ1) is 25.6. The number of anilines is 1. The van der Waals surface area contributed by atoms with Crippen LogP contribution in [0.1, 0.15) is 27.9 Å². The Kier molecular flexibility index (Phi) is 6.76. The van der Waals surface area contributed by atoms with E-state index in [0.717, 1.165) is 33.9 Å². The van der Waals surface area contributed by atoms with Gasteiger partial charge in [0.1, 0.15) is 23.9 Å². The number of H-pyrrole nitrogens is 1. The van der Waals surface area contributed by atoms with Crippen molar-refractivity contribution in [2.45, 2.75) is 19.0 Å². The van der Waals surface area contributed by atoms with Gasteiger partial charge in [-0.1, -0.05) is 24.3 Å². The second kappa shape index (κ2) is 10.0. The fraction of sp³-hybridized carbons (Fsp3) is 0.192. The lowest BCUT2D eigenvalue weighted by Crippen LogP contribution is -2.34. The lowest BCUT2D eigenvalue weighted by atomic mass is 9.99. The van der Waals surface area contributed by atoms with E-state index in [0.29, 0.717) is 16.6 Å². The number of aromatic amines is 1. The van der Waals surface area contributed by atoms with E-state index in [1.807, 2.05) is 4.72 Å². The van der Waals surface area contributed by atoms with Crippen molar-refractivity contribution in [1.29, 1.82) is 0 Å². The molecule has 0 saturated carbocycles. The van der Waals surface area contributed by atoms with Crippen LogP contribution in [0.15, 0.2) is 54.9 Å². The highest BCUT2D eigenvalue weighted by Gasteiger charge is 2.33. The number of nitrogens with one attached hydrogen (secondary N) is 2. The van der Waals surface area contributed by atoms with E-state index in [9.17, 15) is 26.8 Å². The summed E-state index contributed by atoms with van der Waals surface area (Å²) in [6.07, 6.45) is 2.59. The summed E-state index contributed by atoms with van der Waals surface area (Å²) in [4.78, 5) is 31.2.